The summed E-state index contributed by atoms with van der Waals surface area (Å²) in [6.07, 6.45) is 1.74. The van der Waals surface area contributed by atoms with E-state index in [0.717, 1.165) is 15.5 Å². The maximum atomic E-state index is 12.4. The Hall–Kier alpha value is -3.21. The van der Waals surface area contributed by atoms with E-state index in [4.69, 9.17) is 14.2 Å². The molecule has 8 nitrogen and oxygen atoms in total. The second kappa shape index (κ2) is 9.94. The number of rotatable bonds is 6. The third kappa shape index (κ3) is 4.67. The van der Waals surface area contributed by atoms with Crippen molar-refractivity contribution in [3.8, 4) is 10.6 Å². The highest BCUT2D eigenvalue weighted by Crippen LogP contribution is 2.31. The van der Waals surface area contributed by atoms with Crippen LogP contribution in [-0.4, -0.2) is 49.5 Å². The summed E-state index contributed by atoms with van der Waals surface area (Å²) >= 11 is 3.05. The lowest BCUT2D eigenvalue weighted by molar-refractivity contribution is -0.140. The number of anilines is 1. The molecular formula is C22H19N3O5S2. The summed E-state index contributed by atoms with van der Waals surface area (Å²) in [5, 5.41) is 2.64. The number of ether oxygens (including phenoxy) is 3. The minimum absolute atomic E-state index is 0.0283. The molecule has 32 heavy (non-hydrogen) atoms. The van der Waals surface area contributed by atoms with Gasteiger partial charge in [0.25, 0.3) is 0 Å². The SMILES string of the molecule is COC(=O)C1=C(C(=O)OC)N(c2ccc(Sc3nccc(-c4cccs4)n3)cc2)COC1. The summed E-state index contributed by atoms with van der Waals surface area (Å²) in [6, 6.07) is 13.3. The molecule has 3 aromatic rings. The highest BCUT2D eigenvalue weighted by Gasteiger charge is 2.32. The van der Waals surface area contributed by atoms with E-state index in [1.54, 1.807) is 22.4 Å². The molecule has 0 unspecified atom stereocenters. The molecule has 2 aromatic heterocycles. The third-order valence-corrected chi connectivity index (χ3v) is 6.38. The van der Waals surface area contributed by atoms with Crippen molar-refractivity contribution in [3.63, 3.8) is 0 Å². The van der Waals surface area contributed by atoms with E-state index in [1.807, 2.05) is 47.8 Å². The molecular weight excluding hydrogens is 450 g/mol. The molecule has 164 valence electrons. The van der Waals surface area contributed by atoms with Gasteiger partial charge in [0.1, 0.15) is 12.4 Å². The molecule has 1 aromatic carbocycles. The number of aromatic nitrogens is 2. The van der Waals surface area contributed by atoms with Gasteiger partial charge in [0.2, 0.25) is 0 Å². The Labute approximate surface area is 192 Å². The summed E-state index contributed by atoms with van der Waals surface area (Å²) in [6.45, 7) is 0.0723. The number of carbonyl (C=O) groups is 2. The smallest absolute Gasteiger partial charge is 0.355 e. The first-order valence-electron chi connectivity index (χ1n) is 9.50. The van der Waals surface area contributed by atoms with E-state index in [9.17, 15) is 9.59 Å². The number of benzene rings is 1. The predicted octanol–water partition coefficient (Wildman–Crippen LogP) is 3.75. The van der Waals surface area contributed by atoms with E-state index in [1.165, 1.54) is 26.0 Å². The second-order valence-corrected chi connectivity index (χ2v) is 8.50. The Morgan fingerprint density at radius 1 is 1.09 bits per heavy atom. The van der Waals surface area contributed by atoms with Crippen molar-refractivity contribution in [1.29, 1.82) is 0 Å². The van der Waals surface area contributed by atoms with Crippen LogP contribution >= 0.6 is 23.1 Å². The van der Waals surface area contributed by atoms with Gasteiger partial charge in [-0.05, 0) is 53.5 Å². The highest BCUT2D eigenvalue weighted by molar-refractivity contribution is 7.99. The van der Waals surface area contributed by atoms with Gasteiger partial charge in [-0.25, -0.2) is 19.6 Å². The summed E-state index contributed by atoms with van der Waals surface area (Å²) in [4.78, 5) is 37.1. The van der Waals surface area contributed by atoms with Crippen LogP contribution in [0.4, 0.5) is 5.69 Å². The van der Waals surface area contributed by atoms with E-state index in [-0.39, 0.29) is 24.6 Å². The Morgan fingerprint density at radius 2 is 1.88 bits per heavy atom. The fourth-order valence-corrected chi connectivity index (χ4v) is 4.53. The summed E-state index contributed by atoms with van der Waals surface area (Å²) in [7, 11) is 2.52. The first kappa shape index (κ1) is 22.0. The van der Waals surface area contributed by atoms with Gasteiger partial charge < -0.3 is 19.1 Å². The normalized spacial score (nSPS) is 13.8. The average molecular weight is 470 g/mol. The molecule has 0 spiro atoms. The Balaban J connectivity index is 1.57. The molecule has 0 N–H and O–H groups in total. The highest BCUT2D eigenvalue weighted by atomic mass is 32.2. The van der Waals surface area contributed by atoms with Crippen molar-refractivity contribution in [2.45, 2.75) is 10.1 Å². The minimum atomic E-state index is -0.634. The largest absolute Gasteiger partial charge is 0.466 e. The second-order valence-electron chi connectivity index (χ2n) is 6.51. The average Bonchev–Trinajstić information content (AvgIpc) is 3.38. The number of esters is 2. The van der Waals surface area contributed by atoms with Crippen LogP contribution in [0.3, 0.4) is 0 Å². The molecule has 0 aliphatic carbocycles. The van der Waals surface area contributed by atoms with Crippen molar-refractivity contribution >= 4 is 40.7 Å². The minimum Gasteiger partial charge on any atom is -0.466 e. The predicted molar refractivity (Wildman–Crippen MR) is 120 cm³/mol. The van der Waals surface area contributed by atoms with Gasteiger partial charge in [0.05, 0.1) is 37.0 Å². The van der Waals surface area contributed by atoms with Crippen molar-refractivity contribution in [2.75, 3.05) is 32.5 Å². The molecule has 0 atom stereocenters. The number of methoxy groups -OCH3 is 2. The van der Waals surface area contributed by atoms with Gasteiger partial charge in [-0.3, -0.25) is 0 Å². The zero-order valence-electron chi connectivity index (χ0n) is 17.3. The van der Waals surface area contributed by atoms with Crippen molar-refractivity contribution < 1.29 is 23.8 Å². The molecule has 4 rings (SSSR count). The number of carbonyl (C=O) groups excluding carboxylic acids is 2. The molecule has 3 heterocycles. The number of hydrogen-bond acceptors (Lipinski definition) is 10. The summed E-state index contributed by atoms with van der Waals surface area (Å²) in [5.41, 5.74) is 1.77. The van der Waals surface area contributed by atoms with E-state index in [0.29, 0.717) is 10.8 Å². The quantitative estimate of drug-likeness (QED) is 0.395. The molecule has 1 aliphatic heterocycles. The lowest BCUT2D eigenvalue weighted by Gasteiger charge is -2.31. The van der Waals surface area contributed by atoms with Gasteiger partial charge >= 0.3 is 11.9 Å². The molecule has 0 fully saturated rings. The van der Waals surface area contributed by atoms with Crippen LogP contribution < -0.4 is 4.90 Å². The molecule has 0 bridgehead atoms. The van der Waals surface area contributed by atoms with Crippen molar-refractivity contribution in [2.24, 2.45) is 0 Å². The van der Waals surface area contributed by atoms with Crippen LogP contribution in [0.5, 0.6) is 0 Å². The van der Waals surface area contributed by atoms with Crippen LogP contribution in [0.15, 0.2) is 75.4 Å². The fourth-order valence-electron chi connectivity index (χ4n) is 3.10. The Morgan fingerprint density at radius 3 is 2.56 bits per heavy atom. The van der Waals surface area contributed by atoms with Crippen LogP contribution in [0.2, 0.25) is 0 Å². The molecule has 0 saturated heterocycles. The zero-order valence-corrected chi connectivity index (χ0v) is 18.9. The van der Waals surface area contributed by atoms with E-state index < -0.39 is 11.9 Å². The monoisotopic (exact) mass is 469 g/mol. The topological polar surface area (TPSA) is 90.9 Å². The lowest BCUT2D eigenvalue weighted by atomic mass is 10.1. The summed E-state index contributed by atoms with van der Waals surface area (Å²) in [5.74, 6) is -1.27. The first-order chi connectivity index (χ1) is 15.6. The van der Waals surface area contributed by atoms with Crippen LogP contribution in [0, 0.1) is 0 Å². The van der Waals surface area contributed by atoms with Gasteiger partial charge in [-0.15, -0.1) is 11.3 Å². The van der Waals surface area contributed by atoms with Gasteiger partial charge in [0.15, 0.2) is 5.16 Å². The van der Waals surface area contributed by atoms with Crippen LogP contribution in [-0.2, 0) is 23.8 Å². The molecule has 1 aliphatic rings. The van der Waals surface area contributed by atoms with E-state index >= 15 is 0 Å². The van der Waals surface area contributed by atoms with Crippen LogP contribution in [0.1, 0.15) is 0 Å². The van der Waals surface area contributed by atoms with Crippen LogP contribution in [0.25, 0.3) is 10.6 Å². The molecule has 0 amide bonds. The van der Waals surface area contributed by atoms with Gasteiger partial charge in [0, 0.05) is 16.8 Å². The van der Waals surface area contributed by atoms with Crippen molar-refractivity contribution in [3.05, 3.63) is 65.3 Å². The summed E-state index contributed by atoms with van der Waals surface area (Å²) < 4.78 is 15.2. The zero-order chi connectivity index (χ0) is 22.5. The molecule has 0 saturated carbocycles. The van der Waals surface area contributed by atoms with Gasteiger partial charge in [-0.1, -0.05) is 6.07 Å². The third-order valence-electron chi connectivity index (χ3n) is 4.60. The van der Waals surface area contributed by atoms with E-state index in [2.05, 4.69) is 9.97 Å². The number of nitrogens with zero attached hydrogens (tertiary/aromatic N) is 3. The van der Waals surface area contributed by atoms with Crippen molar-refractivity contribution in [1.82, 2.24) is 9.97 Å². The Bertz CT molecular complexity index is 1150. The maximum Gasteiger partial charge on any atom is 0.355 e. The maximum absolute atomic E-state index is 12.4. The Kier molecular flexibility index (Phi) is 6.84. The molecule has 10 heteroatoms. The lowest BCUT2D eigenvalue weighted by Crippen LogP contribution is -2.38. The first-order valence-corrected chi connectivity index (χ1v) is 11.2. The number of hydrogen-bond donors (Lipinski definition) is 0. The molecule has 0 radical (unpaired) electrons. The fraction of sp³-hybridized carbons (Fsp3) is 0.182. The number of thiophene rings is 1. The standard InChI is InChI=1S/C22H19N3O5S2/c1-28-20(26)16-12-30-13-25(19(16)21(27)29-2)14-5-7-15(8-6-14)32-22-23-10-9-17(24-22)18-4-3-11-31-18/h3-11H,12-13H2,1-2H3. The van der Waals surface area contributed by atoms with Gasteiger partial charge in [-0.2, -0.15) is 0 Å².